The zero-order chi connectivity index (χ0) is 22.4. The van der Waals surface area contributed by atoms with Gasteiger partial charge in [0.2, 0.25) is 0 Å². The summed E-state index contributed by atoms with van der Waals surface area (Å²) in [7, 11) is 0. The minimum atomic E-state index is 0.366. The maximum Gasteiger partial charge on any atom is 0.102 e. The Bertz CT molecular complexity index is 689. The molecule has 0 N–H and O–H groups in total. The number of ether oxygens (including phenoxy) is 1. The van der Waals surface area contributed by atoms with E-state index in [1.165, 1.54) is 64.2 Å². The van der Waals surface area contributed by atoms with E-state index in [0.717, 1.165) is 47.7 Å². The van der Waals surface area contributed by atoms with Gasteiger partial charge >= 0.3 is 0 Å². The van der Waals surface area contributed by atoms with Crippen LogP contribution in [0.3, 0.4) is 0 Å². The number of rotatable bonds is 7. The van der Waals surface area contributed by atoms with Crippen LogP contribution in [-0.2, 0) is 4.74 Å². The Morgan fingerprint density at radius 1 is 1.06 bits per heavy atom. The van der Waals surface area contributed by atoms with E-state index in [9.17, 15) is 0 Å². The Morgan fingerprint density at radius 2 is 1.84 bits per heavy atom. The van der Waals surface area contributed by atoms with Crippen molar-refractivity contribution in [3.05, 3.63) is 24.0 Å². The lowest BCUT2D eigenvalue weighted by Crippen LogP contribution is -2.51. The highest BCUT2D eigenvalue weighted by Gasteiger charge is 2.59. The molecule has 0 aromatic carbocycles. The summed E-state index contributed by atoms with van der Waals surface area (Å²) in [5.74, 6) is 6.41. The SMILES string of the molecule is C=C(C)OC1CC[C@@]2(C)C(=CCC3C2CC[C@@]2(C)C3CC[C@@H]2C(C)CCCC(C)C)C1. The molecule has 31 heavy (non-hydrogen) atoms. The first-order valence-corrected chi connectivity index (χ1v) is 13.7. The van der Waals surface area contributed by atoms with E-state index in [1.54, 1.807) is 5.57 Å². The van der Waals surface area contributed by atoms with E-state index in [2.05, 4.69) is 47.3 Å². The van der Waals surface area contributed by atoms with Crippen LogP contribution in [-0.4, -0.2) is 6.10 Å². The predicted molar refractivity (Wildman–Crippen MR) is 133 cm³/mol. The molecule has 4 aliphatic carbocycles. The molecule has 3 saturated carbocycles. The molecule has 1 nitrogen and oxygen atoms in total. The Hall–Kier alpha value is -0.720. The highest BCUT2D eigenvalue weighted by atomic mass is 16.5. The van der Waals surface area contributed by atoms with Crippen molar-refractivity contribution in [2.24, 2.45) is 46.3 Å². The molecule has 8 atom stereocenters. The van der Waals surface area contributed by atoms with Gasteiger partial charge in [-0.2, -0.15) is 0 Å². The standard InChI is InChI=1S/C30H50O/c1-20(2)9-8-10-22(5)26-13-14-27-25-12-11-23-19-24(31-21(3)4)15-17-29(23,6)28(25)16-18-30(26,27)7/h11,20,22,24-28H,3,8-10,12-19H2,1-2,4-7H3/t22?,24?,25?,26-,27?,28?,29+,30-/m1/s1. The molecule has 0 spiro atoms. The fourth-order valence-electron chi connectivity index (χ4n) is 9.04. The van der Waals surface area contributed by atoms with Crippen molar-refractivity contribution < 1.29 is 4.74 Å². The predicted octanol–water partition coefficient (Wildman–Crippen LogP) is 8.95. The summed E-state index contributed by atoms with van der Waals surface area (Å²) in [4.78, 5) is 0. The molecule has 176 valence electrons. The topological polar surface area (TPSA) is 9.23 Å². The Kier molecular flexibility index (Phi) is 6.73. The average Bonchev–Trinajstić information content (AvgIpc) is 3.05. The molecule has 0 amide bonds. The first kappa shape index (κ1) is 23.4. The Labute approximate surface area is 193 Å². The molecule has 5 unspecified atom stereocenters. The minimum absolute atomic E-state index is 0.366. The average molecular weight is 427 g/mol. The van der Waals surface area contributed by atoms with Crippen LogP contribution in [0.1, 0.15) is 112 Å². The zero-order valence-corrected chi connectivity index (χ0v) is 21.5. The third-order valence-electron chi connectivity index (χ3n) is 10.6. The van der Waals surface area contributed by atoms with Crippen LogP contribution < -0.4 is 0 Å². The Morgan fingerprint density at radius 3 is 2.55 bits per heavy atom. The van der Waals surface area contributed by atoms with Gasteiger partial charge in [0, 0.05) is 6.42 Å². The van der Waals surface area contributed by atoms with Crippen molar-refractivity contribution in [2.75, 3.05) is 0 Å². The molecular formula is C30H50O. The zero-order valence-electron chi connectivity index (χ0n) is 21.5. The molecule has 0 radical (unpaired) electrons. The van der Waals surface area contributed by atoms with E-state index in [4.69, 9.17) is 4.74 Å². The number of fused-ring (bicyclic) bond motifs is 5. The van der Waals surface area contributed by atoms with Crippen LogP contribution in [0.2, 0.25) is 0 Å². The Balaban J connectivity index is 1.47. The molecule has 0 aliphatic heterocycles. The van der Waals surface area contributed by atoms with Gasteiger partial charge in [0.25, 0.3) is 0 Å². The third-order valence-corrected chi connectivity index (χ3v) is 10.6. The fourth-order valence-corrected chi connectivity index (χ4v) is 9.04. The normalized spacial score (nSPS) is 42.9. The summed E-state index contributed by atoms with van der Waals surface area (Å²) in [5.41, 5.74) is 2.76. The van der Waals surface area contributed by atoms with Crippen molar-refractivity contribution in [3.63, 3.8) is 0 Å². The third kappa shape index (κ3) is 4.29. The minimum Gasteiger partial charge on any atom is -0.495 e. The van der Waals surface area contributed by atoms with Gasteiger partial charge in [-0.1, -0.05) is 72.1 Å². The van der Waals surface area contributed by atoms with Crippen LogP contribution in [0.25, 0.3) is 0 Å². The first-order valence-electron chi connectivity index (χ1n) is 13.7. The summed E-state index contributed by atoms with van der Waals surface area (Å²) >= 11 is 0. The van der Waals surface area contributed by atoms with Crippen LogP contribution in [0.15, 0.2) is 24.0 Å². The van der Waals surface area contributed by atoms with E-state index < -0.39 is 0 Å². The number of hydrogen-bond acceptors (Lipinski definition) is 1. The van der Waals surface area contributed by atoms with Gasteiger partial charge < -0.3 is 4.74 Å². The second-order valence-corrected chi connectivity index (χ2v) is 13.0. The molecule has 4 rings (SSSR count). The summed E-state index contributed by atoms with van der Waals surface area (Å²) in [5, 5.41) is 0. The highest BCUT2D eigenvalue weighted by molar-refractivity contribution is 5.25. The monoisotopic (exact) mass is 426 g/mol. The van der Waals surface area contributed by atoms with Crippen LogP contribution in [0.4, 0.5) is 0 Å². The van der Waals surface area contributed by atoms with Crippen LogP contribution in [0.5, 0.6) is 0 Å². The van der Waals surface area contributed by atoms with E-state index in [-0.39, 0.29) is 0 Å². The quantitative estimate of drug-likeness (QED) is 0.291. The lowest BCUT2D eigenvalue weighted by molar-refractivity contribution is -0.0591. The van der Waals surface area contributed by atoms with Crippen LogP contribution in [0, 0.1) is 46.3 Å². The van der Waals surface area contributed by atoms with Gasteiger partial charge in [0.1, 0.15) is 6.10 Å². The molecule has 3 fully saturated rings. The molecule has 4 aliphatic rings. The largest absolute Gasteiger partial charge is 0.495 e. The second kappa shape index (κ2) is 8.90. The summed E-state index contributed by atoms with van der Waals surface area (Å²) < 4.78 is 6.06. The molecular weight excluding hydrogens is 376 g/mol. The molecule has 0 saturated heterocycles. The molecule has 0 bridgehead atoms. The lowest BCUT2D eigenvalue weighted by atomic mass is 9.47. The summed E-state index contributed by atoms with van der Waals surface area (Å²) in [6.07, 6.45) is 18.3. The van der Waals surface area contributed by atoms with Crippen molar-refractivity contribution in [1.82, 2.24) is 0 Å². The van der Waals surface area contributed by atoms with Crippen molar-refractivity contribution in [1.29, 1.82) is 0 Å². The second-order valence-electron chi connectivity index (χ2n) is 13.0. The first-order chi connectivity index (χ1) is 14.6. The summed E-state index contributed by atoms with van der Waals surface area (Å²) in [6.45, 7) is 18.7. The highest BCUT2D eigenvalue weighted by Crippen LogP contribution is 2.67. The van der Waals surface area contributed by atoms with Crippen LogP contribution >= 0.6 is 0 Å². The summed E-state index contributed by atoms with van der Waals surface area (Å²) in [6, 6.07) is 0. The number of hydrogen-bond donors (Lipinski definition) is 0. The molecule has 0 aromatic rings. The fraction of sp³-hybridized carbons (Fsp3) is 0.867. The molecule has 0 heterocycles. The molecule has 1 heteroatoms. The van der Waals surface area contributed by atoms with Crippen molar-refractivity contribution >= 4 is 0 Å². The maximum absolute atomic E-state index is 6.06. The lowest BCUT2D eigenvalue weighted by Gasteiger charge is -2.58. The molecule has 0 aromatic heterocycles. The van der Waals surface area contributed by atoms with E-state index in [0.29, 0.717) is 16.9 Å². The van der Waals surface area contributed by atoms with Gasteiger partial charge in [-0.15, -0.1) is 0 Å². The van der Waals surface area contributed by atoms with Crippen molar-refractivity contribution in [2.45, 2.75) is 118 Å². The van der Waals surface area contributed by atoms with Gasteiger partial charge in [-0.25, -0.2) is 0 Å². The van der Waals surface area contributed by atoms with Crippen molar-refractivity contribution in [3.8, 4) is 0 Å². The van der Waals surface area contributed by atoms with E-state index in [1.807, 2.05) is 6.92 Å². The smallest absolute Gasteiger partial charge is 0.102 e. The van der Waals surface area contributed by atoms with Gasteiger partial charge in [-0.05, 0) is 98.2 Å². The maximum atomic E-state index is 6.06. The number of allylic oxidation sites excluding steroid dienone is 2. The van der Waals surface area contributed by atoms with E-state index >= 15 is 0 Å². The van der Waals surface area contributed by atoms with Gasteiger partial charge in [0.15, 0.2) is 0 Å². The van der Waals surface area contributed by atoms with Gasteiger partial charge in [0.05, 0.1) is 5.76 Å². The van der Waals surface area contributed by atoms with Gasteiger partial charge in [-0.3, -0.25) is 0 Å².